The lowest BCUT2D eigenvalue weighted by Crippen LogP contribution is -2.32. The fraction of sp³-hybridized carbons (Fsp3) is 0.263. The van der Waals surface area contributed by atoms with Gasteiger partial charge in [-0.05, 0) is 30.7 Å². The summed E-state index contributed by atoms with van der Waals surface area (Å²) in [6, 6.07) is 12.5. The molecule has 3 heterocycles. The number of aromatic nitrogens is 3. The molecule has 4 rings (SSSR count). The van der Waals surface area contributed by atoms with Crippen molar-refractivity contribution in [3.63, 3.8) is 0 Å². The number of β-amino-alcohol motifs (C(OH)–C–C–N with tert-alkyl or cyclic N) is 1. The Labute approximate surface area is 149 Å². The van der Waals surface area contributed by atoms with E-state index >= 15 is 0 Å². The van der Waals surface area contributed by atoms with Crippen LogP contribution in [0.4, 0.5) is 0 Å². The summed E-state index contributed by atoms with van der Waals surface area (Å²) in [6.07, 6.45) is 1.67. The van der Waals surface area contributed by atoms with E-state index in [1.54, 1.807) is 30.5 Å². The van der Waals surface area contributed by atoms with Crippen LogP contribution in [0.2, 0.25) is 0 Å². The van der Waals surface area contributed by atoms with E-state index in [2.05, 4.69) is 15.0 Å². The van der Waals surface area contributed by atoms with E-state index < -0.39 is 6.10 Å². The molecule has 1 amide bonds. The molecule has 0 spiro atoms. The average Bonchev–Trinajstić information content (AvgIpc) is 3.02. The predicted octanol–water partition coefficient (Wildman–Crippen LogP) is 0.994. The van der Waals surface area contributed by atoms with Crippen molar-refractivity contribution in [2.45, 2.75) is 12.5 Å². The van der Waals surface area contributed by atoms with E-state index in [9.17, 15) is 14.7 Å². The Morgan fingerprint density at radius 2 is 2.00 bits per heavy atom. The quantitative estimate of drug-likeness (QED) is 0.734. The van der Waals surface area contributed by atoms with Gasteiger partial charge in [0.15, 0.2) is 5.82 Å². The molecule has 3 aromatic rings. The number of nitrogens with one attached hydrogen (secondary N) is 1. The number of rotatable bonds is 3. The fourth-order valence-corrected chi connectivity index (χ4v) is 3.35. The third kappa shape index (κ3) is 3.09. The number of carbonyl (C=O) groups excluding carboxylic acids is 1. The van der Waals surface area contributed by atoms with Crippen LogP contribution in [0.25, 0.3) is 10.9 Å². The molecule has 1 aliphatic heterocycles. The summed E-state index contributed by atoms with van der Waals surface area (Å²) in [6.45, 7) is 0.611. The van der Waals surface area contributed by atoms with Crippen LogP contribution in [-0.2, 0) is 6.42 Å². The van der Waals surface area contributed by atoms with Crippen molar-refractivity contribution < 1.29 is 9.90 Å². The van der Waals surface area contributed by atoms with Crippen LogP contribution in [0.15, 0.2) is 53.5 Å². The molecular formula is C19H18N4O3. The normalized spacial score (nSPS) is 19.8. The minimum atomic E-state index is -0.631. The maximum Gasteiger partial charge on any atom is 0.289 e. The Kier molecular flexibility index (Phi) is 4.22. The van der Waals surface area contributed by atoms with Crippen molar-refractivity contribution in [3.05, 3.63) is 70.5 Å². The molecule has 7 nitrogen and oxygen atoms in total. The molecule has 1 aliphatic rings. The molecule has 0 bridgehead atoms. The van der Waals surface area contributed by atoms with Gasteiger partial charge in [0.2, 0.25) is 0 Å². The number of amides is 1. The zero-order valence-electron chi connectivity index (χ0n) is 14.0. The van der Waals surface area contributed by atoms with Gasteiger partial charge in [-0.1, -0.05) is 18.2 Å². The van der Waals surface area contributed by atoms with Crippen LogP contribution >= 0.6 is 0 Å². The summed E-state index contributed by atoms with van der Waals surface area (Å²) in [5.41, 5.74) is 1.01. The van der Waals surface area contributed by atoms with Crippen molar-refractivity contribution >= 4 is 16.8 Å². The van der Waals surface area contributed by atoms with Gasteiger partial charge in [0.05, 0.1) is 17.0 Å². The van der Waals surface area contributed by atoms with Gasteiger partial charge in [0, 0.05) is 30.9 Å². The summed E-state index contributed by atoms with van der Waals surface area (Å²) in [5, 5.41) is 10.8. The number of H-pyrrole nitrogens is 1. The molecule has 0 unspecified atom stereocenters. The highest BCUT2D eigenvalue weighted by Crippen LogP contribution is 2.22. The van der Waals surface area contributed by atoms with Gasteiger partial charge in [-0.3, -0.25) is 14.6 Å². The summed E-state index contributed by atoms with van der Waals surface area (Å²) >= 11 is 0. The molecule has 0 saturated carbocycles. The van der Waals surface area contributed by atoms with E-state index in [4.69, 9.17) is 0 Å². The number of nitrogens with zero attached hydrogens (tertiary/aromatic N) is 3. The molecule has 26 heavy (non-hydrogen) atoms. The van der Waals surface area contributed by atoms with Crippen LogP contribution < -0.4 is 5.56 Å². The van der Waals surface area contributed by atoms with Gasteiger partial charge in [-0.25, -0.2) is 4.98 Å². The Hall–Kier alpha value is -3.06. The first-order chi connectivity index (χ1) is 12.6. The molecule has 1 fully saturated rings. The van der Waals surface area contributed by atoms with Crippen molar-refractivity contribution in [2.75, 3.05) is 13.1 Å². The summed E-state index contributed by atoms with van der Waals surface area (Å²) in [5.74, 6) is -0.476. The number of fused-ring (bicyclic) bond motifs is 1. The largest absolute Gasteiger partial charge is 0.391 e. The number of hydrogen-bond acceptors (Lipinski definition) is 5. The zero-order chi connectivity index (χ0) is 18.1. The fourth-order valence-electron chi connectivity index (χ4n) is 3.35. The summed E-state index contributed by atoms with van der Waals surface area (Å²) < 4.78 is 0. The van der Waals surface area contributed by atoms with Crippen molar-refractivity contribution in [2.24, 2.45) is 5.92 Å². The Bertz CT molecular complexity index is 1000. The highest BCUT2D eigenvalue weighted by molar-refractivity contribution is 5.92. The van der Waals surface area contributed by atoms with Gasteiger partial charge in [-0.15, -0.1) is 0 Å². The Morgan fingerprint density at radius 1 is 1.19 bits per heavy atom. The lowest BCUT2D eigenvalue weighted by molar-refractivity contribution is 0.0753. The topological polar surface area (TPSA) is 99.2 Å². The first-order valence-corrected chi connectivity index (χ1v) is 8.48. The zero-order valence-corrected chi connectivity index (χ0v) is 14.0. The monoisotopic (exact) mass is 350 g/mol. The lowest BCUT2D eigenvalue weighted by Gasteiger charge is -2.15. The predicted molar refractivity (Wildman–Crippen MR) is 95.7 cm³/mol. The van der Waals surface area contributed by atoms with Crippen LogP contribution in [0.3, 0.4) is 0 Å². The smallest absolute Gasteiger partial charge is 0.289 e. The van der Waals surface area contributed by atoms with E-state index in [1.807, 2.05) is 18.2 Å². The Balaban J connectivity index is 1.55. The number of carbonyl (C=O) groups is 1. The molecule has 7 heteroatoms. The maximum absolute atomic E-state index is 12.8. The lowest BCUT2D eigenvalue weighted by atomic mass is 10.00. The van der Waals surface area contributed by atoms with Crippen LogP contribution in [0.5, 0.6) is 0 Å². The number of aromatic amines is 1. The van der Waals surface area contributed by atoms with Gasteiger partial charge in [0.25, 0.3) is 11.5 Å². The number of benzene rings is 1. The van der Waals surface area contributed by atoms with Crippen molar-refractivity contribution in [1.29, 1.82) is 0 Å². The molecule has 2 aromatic heterocycles. The number of pyridine rings is 1. The molecule has 1 aromatic carbocycles. The SMILES string of the molecule is O=C(c1nc2ccccc2c(=O)[nH]1)N1C[C@@H](Cc2ccccn2)[C@H](O)C1. The number of aliphatic hydroxyl groups is 1. The number of likely N-dealkylation sites (tertiary alicyclic amines) is 1. The molecule has 2 atom stereocenters. The molecular weight excluding hydrogens is 332 g/mol. The average molecular weight is 350 g/mol. The second-order valence-corrected chi connectivity index (χ2v) is 6.49. The molecule has 1 saturated heterocycles. The maximum atomic E-state index is 12.8. The van der Waals surface area contributed by atoms with E-state index in [0.717, 1.165) is 5.69 Å². The van der Waals surface area contributed by atoms with Gasteiger partial charge < -0.3 is 15.0 Å². The number of hydrogen-bond donors (Lipinski definition) is 2. The summed E-state index contributed by atoms with van der Waals surface area (Å²) in [4.78, 5) is 37.6. The van der Waals surface area contributed by atoms with Gasteiger partial charge in [0.1, 0.15) is 0 Å². The first-order valence-electron chi connectivity index (χ1n) is 8.48. The van der Waals surface area contributed by atoms with Crippen LogP contribution in [0, 0.1) is 5.92 Å². The van der Waals surface area contributed by atoms with E-state index in [1.165, 1.54) is 4.90 Å². The van der Waals surface area contributed by atoms with Crippen LogP contribution in [0.1, 0.15) is 16.3 Å². The second-order valence-electron chi connectivity index (χ2n) is 6.49. The van der Waals surface area contributed by atoms with E-state index in [0.29, 0.717) is 23.9 Å². The second kappa shape index (κ2) is 6.68. The van der Waals surface area contributed by atoms with Crippen molar-refractivity contribution in [1.82, 2.24) is 19.9 Å². The highest BCUT2D eigenvalue weighted by atomic mass is 16.3. The Morgan fingerprint density at radius 3 is 2.81 bits per heavy atom. The third-order valence-corrected chi connectivity index (χ3v) is 4.71. The van der Waals surface area contributed by atoms with Crippen molar-refractivity contribution in [3.8, 4) is 0 Å². The third-order valence-electron chi connectivity index (χ3n) is 4.71. The summed E-state index contributed by atoms with van der Waals surface area (Å²) in [7, 11) is 0. The van der Waals surface area contributed by atoms with Gasteiger partial charge in [-0.2, -0.15) is 0 Å². The minimum Gasteiger partial charge on any atom is -0.391 e. The number of aliphatic hydroxyl groups excluding tert-OH is 1. The minimum absolute atomic E-state index is 0.000568. The molecule has 2 N–H and O–H groups in total. The van der Waals surface area contributed by atoms with E-state index in [-0.39, 0.29) is 29.8 Å². The standard InChI is InChI=1S/C19H18N4O3/c24-16-11-23(10-12(16)9-13-5-3-4-8-20-13)19(26)17-21-15-7-2-1-6-14(15)18(25)22-17/h1-8,12,16,24H,9-11H2,(H,21,22,25)/t12-,16-/m1/s1. The van der Waals surface area contributed by atoms with Gasteiger partial charge >= 0.3 is 0 Å². The molecule has 0 radical (unpaired) electrons. The first kappa shape index (κ1) is 16.4. The van der Waals surface area contributed by atoms with Crippen LogP contribution in [-0.4, -0.2) is 50.1 Å². The molecule has 0 aliphatic carbocycles. The molecule has 132 valence electrons. The highest BCUT2D eigenvalue weighted by Gasteiger charge is 2.35. The number of para-hydroxylation sites is 1.